The Kier molecular flexibility index (Phi) is 7.41. The van der Waals surface area contributed by atoms with Gasteiger partial charge in [0.1, 0.15) is 0 Å². The van der Waals surface area contributed by atoms with Gasteiger partial charge in [0.05, 0.1) is 4.92 Å². The average molecular weight is 437 g/mol. The van der Waals surface area contributed by atoms with Crippen LogP contribution >= 0.6 is 0 Å². The molecular weight excluding hydrogens is 415 g/mol. The molecule has 1 aromatic carbocycles. The Morgan fingerprint density at radius 2 is 1.83 bits per heavy atom. The van der Waals surface area contributed by atoms with Gasteiger partial charge in [-0.15, -0.1) is 0 Å². The number of nitro groups is 1. The third-order valence-electron chi connectivity index (χ3n) is 4.59. The summed E-state index contributed by atoms with van der Waals surface area (Å²) in [5.74, 6) is 0.473. The number of piperidine rings is 1. The highest BCUT2D eigenvalue weighted by Crippen LogP contribution is 2.30. The monoisotopic (exact) mass is 437 g/mol. The molecule has 1 aliphatic heterocycles. The number of nitro benzene ring substituents is 1. The number of benzene rings is 1. The molecule has 162 valence electrons. The zero-order valence-corrected chi connectivity index (χ0v) is 16.5. The van der Waals surface area contributed by atoms with E-state index in [9.17, 15) is 31.7 Å². The molecule has 9 nitrogen and oxygen atoms in total. The number of guanidine groups is 1. The van der Waals surface area contributed by atoms with E-state index in [1.54, 1.807) is 19.2 Å². The standard InChI is InChI=1S/C16H22F3N5O4S/c1-20-15(21-10-12-2-4-14(5-3-12)24(25)26)22-11-13-6-8-23(9-7-13)29(27,28)16(17,18)19/h2-5,13H,6-11H2,1H3,(H2,20,21,22). The lowest BCUT2D eigenvalue weighted by Crippen LogP contribution is -2.47. The van der Waals surface area contributed by atoms with Crippen molar-refractivity contribution in [3.63, 3.8) is 0 Å². The molecule has 2 rings (SSSR count). The average Bonchev–Trinajstić information content (AvgIpc) is 2.68. The van der Waals surface area contributed by atoms with Gasteiger partial charge < -0.3 is 10.6 Å². The summed E-state index contributed by atoms with van der Waals surface area (Å²) in [5.41, 5.74) is -4.47. The fourth-order valence-electron chi connectivity index (χ4n) is 2.88. The largest absolute Gasteiger partial charge is 0.511 e. The van der Waals surface area contributed by atoms with Gasteiger partial charge in [0.15, 0.2) is 5.96 Å². The normalized spacial score (nSPS) is 17.2. The molecule has 1 aliphatic rings. The van der Waals surface area contributed by atoms with Gasteiger partial charge >= 0.3 is 15.5 Å². The van der Waals surface area contributed by atoms with E-state index in [4.69, 9.17) is 0 Å². The van der Waals surface area contributed by atoms with Gasteiger partial charge in [0, 0.05) is 45.4 Å². The predicted octanol–water partition coefficient (Wildman–Crippen LogP) is 1.82. The van der Waals surface area contributed by atoms with Gasteiger partial charge in [-0.1, -0.05) is 12.1 Å². The SMILES string of the molecule is CN=C(NCc1ccc([N+](=O)[O-])cc1)NCC1CCN(S(=O)(=O)C(F)(F)F)CC1. The van der Waals surface area contributed by atoms with Crippen molar-refractivity contribution < 1.29 is 26.5 Å². The maximum absolute atomic E-state index is 12.6. The highest BCUT2D eigenvalue weighted by atomic mass is 32.2. The van der Waals surface area contributed by atoms with Gasteiger partial charge in [0.25, 0.3) is 5.69 Å². The van der Waals surface area contributed by atoms with Crippen LogP contribution in [0, 0.1) is 16.0 Å². The van der Waals surface area contributed by atoms with Crippen LogP contribution < -0.4 is 10.6 Å². The minimum Gasteiger partial charge on any atom is -0.356 e. The number of alkyl halides is 3. The molecule has 0 bridgehead atoms. The number of hydrogen-bond acceptors (Lipinski definition) is 5. The summed E-state index contributed by atoms with van der Waals surface area (Å²) in [6.45, 7) is 0.450. The van der Waals surface area contributed by atoms with Crippen LogP contribution in [-0.2, 0) is 16.6 Å². The lowest BCUT2D eigenvalue weighted by atomic mass is 9.98. The molecule has 0 atom stereocenters. The number of nitrogens with one attached hydrogen (secondary N) is 2. The summed E-state index contributed by atoms with van der Waals surface area (Å²) in [7, 11) is -3.71. The molecule has 13 heteroatoms. The smallest absolute Gasteiger partial charge is 0.356 e. The number of nitrogens with zero attached hydrogens (tertiary/aromatic N) is 3. The summed E-state index contributed by atoms with van der Waals surface area (Å²) < 4.78 is 61.1. The van der Waals surface area contributed by atoms with Crippen molar-refractivity contribution in [3.8, 4) is 0 Å². The maximum atomic E-state index is 12.6. The maximum Gasteiger partial charge on any atom is 0.511 e. The molecule has 1 heterocycles. The summed E-state index contributed by atoms with van der Waals surface area (Å²) in [4.78, 5) is 14.2. The first-order valence-electron chi connectivity index (χ1n) is 8.79. The number of hydrogen-bond donors (Lipinski definition) is 2. The molecule has 1 aromatic rings. The van der Waals surface area contributed by atoms with Gasteiger partial charge in [-0.25, -0.2) is 8.42 Å². The quantitative estimate of drug-likeness (QED) is 0.304. The molecule has 1 saturated heterocycles. The second kappa shape index (κ2) is 9.39. The van der Waals surface area contributed by atoms with Crippen LogP contribution in [-0.4, -0.2) is 55.8 Å². The minimum absolute atomic E-state index is 0.00450. The Labute approximate surface area is 166 Å². The van der Waals surface area contributed by atoms with Crippen LogP contribution in [0.3, 0.4) is 0 Å². The molecule has 0 saturated carbocycles. The number of aliphatic imine (C=N–C) groups is 1. The predicted molar refractivity (Wildman–Crippen MR) is 101 cm³/mol. The number of sulfonamides is 1. The lowest BCUT2D eigenvalue weighted by Gasteiger charge is -2.31. The fourth-order valence-corrected chi connectivity index (χ4v) is 3.87. The highest BCUT2D eigenvalue weighted by Gasteiger charge is 2.50. The van der Waals surface area contributed by atoms with Gasteiger partial charge in [-0.3, -0.25) is 15.1 Å². The first kappa shape index (κ1) is 22.9. The second-order valence-corrected chi connectivity index (χ2v) is 8.45. The van der Waals surface area contributed by atoms with Crippen LogP contribution in [0.15, 0.2) is 29.3 Å². The Hall–Kier alpha value is -2.41. The van der Waals surface area contributed by atoms with Crippen LogP contribution in [0.25, 0.3) is 0 Å². The first-order valence-corrected chi connectivity index (χ1v) is 10.2. The Morgan fingerprint density at radius 1 is 1.24 bits per heavy atom. The van der Waals surface area contributed by atoms with Crippen LogP contribution in [0.2, 0.25) is 0 Å². The Bertz CT molecular complexity index is 835. The van der Waals surface area contributed by atoms with Crippen molar-refractivity contribution in [2.45, 2.75) is 24.9 Å². The Balaban J connectivity index is 1.78. The Morgan fingerprint density at radius 3 is 2.31 bits per heavy atom. The molecular formula is C16H22F3N5O4S. The summed E-state index contributed by atoms with van der Waals surface area (Å²) in [5, 5.41) is 16.8. The summed E-state index contributed by atoms with van der Waals surface area (Å²) in [6.07, 6.45) is 0.614. The highest BCUT2D eigenvalue weighted by molar-refractivity contribution is 7.90. The second-order valence-electron chi connectivity index (χ2n) is 6.52. The van der Waals surface area contributed by atoms with E-state index in [-0.39, 0.29) is 24.7 Å². The number of halogens is 3. The van der Waals surface area contributed by atoms with Crippen molar-refractivity contribution in [1.29, 1.82) is 0 Å². The van der Waals surface area contributed by atoms with E-state index in [1.165, 1.54) is 12.1 Å². The van der Waals surface area contributed by atoms with Crippen molar-refractivity contribution in [3.05, 3.63) is 39.9 Å². The minimum atomic E-state index is -5.28. The van der Waals surface area contributed by atoms with Crippen molar-refractivity contribution in [1.82, 2.24) is 14.9 Å². The molecule has 29 heavy (non-hydrogen) atoms. The molecule has 0 aliphatic carbocycles. The zero-order valence-electron chi connectivity index (χ0n) is 15.6. The summed E-state index contributed by atoms with van der Waals surface area (Å²) in [6, 6.07) is 6.04. The number of non-ortho nitro benzene ring substituents is 1. The van der Waals surface area contributed by atoms with Crippen LogP contribution in [0.1, 0.15) is 18.4 Å². The molecule has 0 unspecified atom stereocenters. The molecule has 0 amide bonds. The van der Waals surface area contributed by atoms with E-state index in [1.807, 2.05) is 0 Å². The molecule has 0 aromatic heterocycles. The fraction of sp³-hybridized carbons (Fsp3) is 0.562. The van der Waals surface area contributed by atoms with Crippen molar-refractivity contribution in [2.75, 3.05) is 26.7 Å². The molecule has 2 N–H and O–H groups in total. The molecule has 0 radical (unpaired) electrons. The van der Waals surface area contributed by atoms with Crippen molar-refractivity contribution >= 4 is 21.7 Å². The summed E-state index contributed by atoms with van der Waals surface area (Å²) >= 11 is 0. The van der Waals surface area contributed by atoms with Crippen LogP contribution in [0.4, 0.5) is 18.9 Å². The third kappa shape index (κ3) is 6.03. The molecule has 0 spiro atoms. The third-order valence-corrected chi connectivity index (χ3v) is 6.22. The van der Waals surface area contributed by atoms with E-state index >= 15 is 0 Å². The van der Waals surface area contributed by atoms with Gasteiger partial charge in [0.2, 0.25) is 0 Å². The zero-order chi connectivity index (χ0) is 21.7. The number of rotatable bonds is 6. The van der Waals surface area contributed by atoms with E-state index in [0.717, 1.165) is 5.56 Å². The van der Waals surface area contributed by atoms with E-state index in [0.29, 0.717) is 36.2 Å². The van der Waals surface area contributed by atoms with Crippen molar-refractivity contribution in [2.24, 2.45) is 10.9 Å². The van der Waals surface area contributed by atoms with Gasteiger partial charge in [-0.2, -0.15) is 17.5 Å². The lowest BCUT2D eigenvalue weighted by molar-refractivity contribution is -0.384. The topological polar surface area (TPSA) is 117 Å². The molecule has 1 fully saturated rings. The van der Waals surface area contributed by atoms with E-state index < -0.39 is 20.5 Å². The van der Waals surface area contributed by atoms with E-state index in [2.05, 4.69) is 15.6 Å². The first-order chi connectivity index (χ1) is 13.5. The van der Waals surface area contributed by atoms with Crippen LogP contribution in [0.5, 0.6) is 0 Å². The van der Waals surface area contributed by atoms with Gasteiger partial charge in [-0.05, 0) is 24.3 Å².